The molecule has 7 heteroatoms. The van der Waals surface area contributed by atoms with Crippen molar-refractivity contribution in [2.24, 2.45) is 0 Å². The Morgan fingerprint density at radius 1 is 0.857 bits per heavy atom. The quantitative estimate of drug-likeness (QED) is 0.304. The lowest BCUT2D eigenvalue weighted by Gasteiger charge is -2.13. The first-order valence-corrected chi connectivity index (χ1v) is 10.9. The summed E-state index contributed by atoms with van der Waals surface area (Å²) in [7, 11) is 1.62. The van der Waals surface area contributed by atoms with Gasteiger partial charge in [0.25, 0.3) is 0 Å². The lowest BCUT2D eigenvalue weighted by molar-refractivity contribution is -0.139. The van der Waals surface area contributed by atoms with Crippen LogP contribution in [0.25, 0.3) is 22.3 Å². The van der Waals surface area contributed by atoms with Crippen LogP contribution in [0.1, 0.15) is 11.1 Å². The van der Waals surface area contributed by atoms with E-state index in [4.69, 9.17) is 19.3 Å². The van der Waals surface area contributed by atoms with Crippen molar-refractivity contribution in [3.63, 3.8) is 0 Å². The summed E-state index contributed by atoms with van der Waals surface area (Å²) in [5.41, 5.74) is 5.34. The number of carboxylic acids is 1. The Bertz CT molecular complexity index is 1320. The number of carboxylic acid groups (broad SMARTS) is 1. The van der Waals surface area contributed by atoms with Crippen molar-refractivity contribution >= 4 is 5.97 Å². The lowest BCUT2D eigenvalue weighted by atomic mass is 9.97. The van der Waals surface area contributed by atoms with E-state index < -0.39 is 18.5 Å². The number of hydrogen-bond acceptors (Lipinski definition) is 5. The Kier molecular flexibility index (Phi) is 7.26. The number of pyridine rings is 1. The molecule has 0 aliphatic heterocycles. The average Bonchev–Trinajstić information content (AvgIpc) is 2.87. The van der Waals surface area contributed by atoms with Gasteiger partial charge in [-0.15, -0.1) is 0 Å². The lowest BCUT2D eigenvalue weighted by Crippen LogP contribution is -2.10. The van der Waals surface area contributed by atoms with Crippen molar-refractivity contribution in [1.82, 2.24) is 4.98 Å². The van der Waals surface area contributed by atoms with Crippen LogP contribution in [0.3, 0.4) is 0 Å². The van der Waals surface area contributed by atoms with Crippen molar-refractivity contribution in [1.29, 1.82) is 0 Å². The van der Waals surface area contributed by atoms with Crippen LogP contribution in [0.5, 0.6) is 17.2 Å². The molecular formula is C28H24FNO5. The number of carbonyl (C=O) groups is 1. The number of ether oxygens (including phenoxy) is 3. The van der Waals surface area contributed by atoms with E-state index in [0.717, 1.165) is 39.1 Å². The number of aryl methyl sites for hydroxylation is 1. The third-order valence-electron chi connectivity index (χ3n) is 5.38. The molecule has 0 amide bonds. The molecule has 1 aromatic heterocycles. The number of hydrogen-bond donors (Lipinski definition) is 1. The number of rotatable bonds is 9. The number of aliphatic carboxylic acids is 1. The fourth-order valence-electron chi connectivity index (χ4n) is 3.62. The van der Waals surface area contributed by atoms with Crippen LogP contribution in [0.15, 0.2) is 79.0 Å². The number of benzene rings is 3. The molecule has 178 valence electrons. The molecule has 0 fully saturated rings. The molecule has 0 unspecified atom stereocenters. The minimum Gasteiger partial charge on any atom is -0.497 e. The summed E-state index contributed by atoms with van der Waals surface area (Å²) in [6, 6.07) is 22.1. The van der Waals surface area contributed by atoms with Gasteiger partial charge in [0, 0.05) is 11.8 Å². The summed E-state index contributed by atoms with van der Waals surface area (Å²) in [5.74, 6) is 0.322. The zero-order valence-electron chi connectivity index (χ0n) is 19.3. The Labute approximate surface area is 202 Å². The number of methoxy groups -OCH3 is 1. The molecule has 0 aliphatic carbocycles. The van der Waals surface area contributed by atoms with Crippen LogP contribution in [-0.4, -0.2) is 29.8 Å². The molecule has 0 spiro atoms. The van der Waals surface area contributed by atoms with Gasteiger partial charge in [-0.05, 0) is 95.4 Å². The van der Waals surface area contributed by atoms with Gasteiger partial charge in [0.1, 0.15) is 23.9 Å². The van der Waals surface area contributed by atoms with Gasteiger partial charge in [0.2, 0.25) is 5.95 Å². The highest BCUT2D eigenvalue weighted by Gasteiger charge is 2.09. The van der Waals surface area contributed by atoms with E-state index in [1.54, 1.807) is 31.4 Å². The van der Waals surface area contributed by atoms with Gasteiger partial charge in [-0.2, -0.15) is 4.39 Å². The van der Waals surface area contributed by atoms with Crippen molar-refractivity contribution in [3.05, 3.63) is 96.1 Å². The average molecular weight is 474 g/mol. The van der Waals surface area contributed by atoms with Gasteiger partial charge in [0.15, 0.2) is 6.61 Å². The maximum absolute atomic E-state index is 13.4. The molecule has 1 heterocycles. The molecule has 4 rings (SSSR count). The first kappa shape index (κ1) is 23.8. The third kappa shape index (κ3) is 6.14. The monoisotopic (exact) mass is 473 g/mol. The Morgan fingerprint density at radius 3 is 2.17 bits per heavy atom. The summed E-state index contributed by atoms with van der Waals surface area (Å²) in [5, 5.41) is 8.80. The van der Waals surface area contributed by atoms with Crippen molar-refractivity contribution < 1.29 is 28.5 Å². The summed E-state index contributed by atoms with van der Waals surface area (Å²) in [4.78, 5) is 14.5. The number of halogens is 1. The normalized spacial score (nSPS) is 10.6. The molecule has 35 heavy (non-hydrogen) atoms. The van der Waals surface area contributed by atoms with Crippen LogP contribution in [0, 0.1) is 12.9 Å². The number of nitrogens with zero attached hydrogens (tertiary/aromatic N) is 1. The standard InChI is InChI=1S/C28H24FNO5/c1-18-11-25(8-9-26(18)35-17-28(31)32)34-16-19-12-22(20-3-6-24(33-2)7-4-20)14-23(13-19)21-5-10-27(29)30-15-21/h3-15H,16-17H2,1-2H3,(H,31,32). The second-order valence-corrected chi connectivity index (χ2v) is 7.92. The van der Waals surface area contributed by atoms with Crippen LogP contribution >= 0.6 is 0 Å². The van der Waals surface area contributed by atoms with E-state index in [-0.39, 0.29) is 0 Å². The zero-order chi connectivity index (χ0) is 24.8. The summed E-state index contributed by atoms with van der Waals surface area (Å²) < 4.78 is 29.9. The molecule has 6 nitrogen and oxygen atoms in total. The Hall–Kier alpha value is -4.39. The predicted molar refractivity (Wildman–Crippen MR) is 130 cm³/mol. The first-order chi connectivity index (χ1) is 16.9. The Balaban J connectivity index is 1.60. The van der Waals surface area contributed by atoms with E-state index in [9.17, 15) is 9.18 Å². The maximum atomic E-state index is 13.4. The van der Waals surface area contributed by atoms with E-state index in [2.05, 4.69) is 4.98 Å². The van der Waals surface area contributed by atoms with Crippen LogP contribution in [0.4, 0.5) is 4.39 Å². The van der Waals surface area contributed by atoms with Crippen LogP contribution < -0.4 is 14.2 Å². The molecule has 1 N–H and O–H groups in total. The topological polar surface area (TPSA) is 77.9 Å². The molecule has 0 atom stereocenters. The fraction of sp³-hybridized carbons (Fsp3) is 0.143. The van der Waals surface area contributed by atoms with E-state index in [1.165, 1.54) is 12.3 Å². The van der Waals surface area contributed by atoms with Crippen molar-refractivity contribution in [2.45, 2.75) is 13.5 Å². The largest absolute Gasteiger partial charge is 0.497 e. The highest BCUT2D eigenvalue weighted by molar-refractivity contribution is 5.74. The second kappa shape index (κ2) is 10.7. The second-order valence-electron chi connectivity index (χ2n) is 7.92. The number of aromatic nitrogens is 1. The minimum atomic E-state index is -1.03. The SMILES string of the molecule is COc1ccc(-c2cc(COc3ccc(OCC(=O)O)c(C)c3)cc(-c3ccc(F)nc3)c2)cc1. The smallest absolute Gasteiger partial charge is 0.341 e. The molecule has 0 saturated heterocycles. The molecule has 3 aromatic carbocycles. The zero-order valence-corrected chi connectivity index (χ0v) is 19.3. The fourth-order valence-corrected chi connectivity index (χ4v) is 3.62. The van der Waals surface area contributed by atoms with Gasteiger partial charge < -0.3 is 19.3 Å². The summed E-state index contributed by atoms with van der Waals surface area (Å²) in [6.07, 6.45) is 1.51. The molecular weight excluding hydrogens is 449 g/mol. The third-order valence-corrected chi connectivity index (χ3v) is 5.38. The first-order valence-electron chi connectivity index (χ1n) is 10.9. The van der Waals surface area contributed by atoms with E-state index in [1.807, 2.05) is 49.4 Å². The molecule has 0 aliphatic rings. The van der Waals surface area contributed by atoms with Crippen molar-refractivity contribution in [3.8, 4) is 39.5 Å². The molecule has 0 bridgehead atoms. The Morgan fingerprint density at radius 2 is 1.54 bits per heavy atom. The predicted octanol–water partition coefficient (Wildman–Crippen LogP) is 5.91. The van der Waals surface area contributed by atoms with E-state index >= 15 is 0 Å². The highest BCUT2D eigenvalue weighted by Crippen LogP contribution is 2.30. The van der Waals surface area contributed by atoms with E-state index in [0.29, 0.717) is 18.1 Å². The summed E-state index contributed by atoms with van der Waals surface area (Å²) in [6.45, 7) is 1.72. The van der Waals surface area contributed by atoms with Gasteiger partial charge in [0.05, 0.1) is 7.11 Å². The van der Waals surface area contributed by atoms with Crippen LogP contribution in [-0.2, 0) is 11.4 Å². The van der Waals surface area contributed by atoms with Gasteiger partial charge in [-0.1, -0.05) is 12.1 Å². The minimum absolute atomic E-state index is 0.292. The molecule has 4 aromatic rings. The highest BCUT2D eigenvalue weighted by atomic mass is 19.1. The van der Waals surface area contributed by atoms with Gasteiger partial charge in [-0.3, -0.25) is 0 Å². The van der Waals surface area contributed by atoms with Gasteiger partial charge in [-0.25, -0.2) is 9.78 Å². The molecule has 0 saturated carbocycles. The van der Waals surface area contributed by atoms with Gasteiger partial charge >= 0.3 is 5.97 Å². The van der Waals surface area contributed by atoms with Crippen molar-refractivity contribution in [2.75, 3.05) is 13.7 Å². The molecule has 0 radical (unpaired) electrons. The maximum Gasteiger partial charge on any atom is 0.341 e. The van der Waals surface area contributed by atoms with Crippen LogP contribution in [0.2, 0.25) is 0 Å². The summed E-state index contributed by atoms with van der Waals surface area (Å²) >= 11 is 0.